The van der Waals surface area contributed by atoms with E-state index in [1.165, 1.54) is 4.90 Å². The van der Waals surface area contributed by atoms with Gasteiger partial charge in [0.15, 0.2) is 0 Å². The molecule has 0 radical (unpaired) electrons. The number of hydrogen-bond donors (Lipinski definition) is 1. The molecule has 0 aliphatic carbocycles. The first-order chi connectivity index (χ1) is 8.58. The predicted octanol–water partition coefficient (Wildman–Crippen LogP) is 1.58. The third-order valence-electron chi connectivity index (χ3n) is 2.56. The summed E-state index contributed by atoms with van der Waals surface area (Å²) in [4.78, 5) is 28.2. The van der Waals surface area contributed by atoms with Crippen LogP contribution in [0.15, 0.2) is 18.3 Å². The summed E-state index contributed by atoms with van der Waals surface area (Å²) in [6.45, 7) is 4.02. The molecule has 1 aromatic heterocycles. The van der Waals surface area contributed by atoms with Crippen LogP contribution in [0.5, 0.6) is 0 Å². The molecule has 0 aliphatic heterocycles. The third-order valence-corrected chi connectivity index (χ3v) is 2.56. The predicted molar refractivity (Wildman–Crippen MR) is 67.4 cm³/mol. The minimum absolute atomic E-state index is 0.287. The average molecular weight is 250 g/mol. The number of nitrogens with zero attached hydrogens (tertiary/aromatic N) is 2. The maximum absolute atomic E-state index is 12.1. The van der Waals surface area contributed by atoms with Gasteiger partial charge in [-0.3, -0.25) is 14.6 Å². The number of carboxylic acids is 1. The monoisotopic (exact) mass is 250 g/mol. The normalized spacial score (nSPS) is 10.1. The summed E-state index contributed by atoms with van der Waals surface area (Å²) in [6, 6.07) is 3.56. The summed E-state index contributed by atoms with van der Waals surface area (Å²) in [5.74, 6) is -1.34. The Hall–Kier alpha value is -1.91. The molecule has 0 fully saturated rings. The zero-order chi connectivity index (χ0) is 13.5. The van der Waals surface area contributed by atoms with Crippen LogP contribution in [-0.2, 0) is 11.2 Å². The van der Waals surface area contributed by atoms with Crippen LogP contribution < -0.4 is 0 Å². The molecular formula is C13H18N2O3. The summed E-state index contributed by atoms with van der Waals surface area (Å²) in [6.07, 6.45) is 3.11. The molecule has 1 rings (SSSR count). The highest BCUT2D eigenvalue weighted by Gasteiger charge is 2.18. The molecule has 1 N–H and O–H groups in total. The van der Waals surface area contributed by atoms with Crippen molar-refractivity contribution in [1.29, 1.82) is 0 Å². The van der Waals surface area contributed by atoms with Gasteiger partial charge in [-0.2, -0.15) is 0 Å². The maximum atomic E-state index is 12.1. The van der Waals surface area contributed by atoms with E-state index in [0.29, 0.717) is 18.7 Å². The third kappa shape index (κ3) is 3.84. The lowest BCUT2D eigenvalue weighted by Crippen LogP contribution is -2.36. The topological polar surface area (TPSA) is 70.5 Å². The van der Waals surface area contributed by atoms with Gasteiger partial charge in [-0.1, -0.05) is 13.8 Å². The van der Waals surface area contributed by atoms with Gasteiger partial charge < -0.3 is 10.0 Å². The Balaban J connectivity index is 2.89. The highest BCUT2D eigenvalue weighted by Crippen LogP contribution is 2.07. The van der Waals surface area contributed by atoms with Crippen molar-refractivity contribution in [3.63, 3.8) is 0 Å². The lowest BCUT2D eigenvalue weighted by molar-refractivity contribution is -0.137. The molecule has 18 heavy (non-hydrogen) atoms. The molecule has 0 atom stereocenters. The van der Waals surface area contributed by atoms with Gasteiger partial charge in [0.05, 0.1) is 0 Å². The minimum Gasteiger partial charge on any atom is -0.480 e. The van der Waals surface area contributed by atoms with Gasteiger partial charge in [-0.15, -0.1) is 0 Å². The Morgan fingerprint density at radius 3 is 2.67 bits per heavy atom. The highest BCUT2D eigenvalue weighted by molar-refractivity contribution is 5.94. The molecular weight excluding hydrogens is 232 g/mol. The molecule has 1 amide bonds. The number of aliphatic carboxylic acids is 1. The summed E-state index contributed by atoms with van der Waals surface area (Å²) >= 11 is 0. The fourth-order valence-corrected chi connectivity index (χ4v) is 1.66. The van der Waals surface area contributed by atoms with Crippen LogP contribution in [-0.4, -0.2) is 40.0 Å². The van der Waals surface area contributed by atoms with Crippen molar-refractivity contribution in [2.45, 2.75) is 26.7 Å². The molecule has 98 valence electrons. The molecule has 0 aromatic carbocycles. The summed E-state index contributed by atoms with van der Waals surface area (Å²) in [7, 11) is 0. The Morgan fingerprint density at radius 1 is 1.39 bits per heavy atom. The Kier molecular flexibility index (Phi) is 5.30. The first-order valence-corrected chi connectivity index (χ1v) is 6.04. The van der Waals surface area contributed by atoms with E-state index >= 15 is 0 Å². The first-order valence-electron chi connectivity index (χ1n) is 6.04. The van der Waals surface area contributed by atoms with Gasteiger partial charge in [0, 0.05) is 12.7 Å². The molecule has 0 aliphatic rings. The van der Waals surface area contributed by atoms with Crippen molar-refractivity contribution in [2.24, 2.45) is 0 Å². The highest BCUT2D eigenvalue weighted by atomic mass is 16.4. The van der Waals surface area contributed by atoms with E-state index < -0.39 is 5.97 Å². The van der Waals surface area contributed by atoms with Crippen molar-refractivity contribution in [3.05, 3.63) is 29.6 Å². The SMILES string of the molecule is CCCN(CC(=O)O)C(=O)c1cc(CC)ccn1. The van der Waals surface area contributed by atoms with E-state index in [1.807, 2.05) is 19.9 Å². The molecule has 5 heteroatoms. The van der Waals surface area contributed by atoms with Gasteiger partial charge in [0.2, 0.25) is 0 Å². The second-order valence-corrected chi connectivity index (χ2v) is 4.02. The summed E-state index contributed by atoms with van der Waals surface area (Å²) in [5, 5.41) is 8.79. The van der Waals surface area contributed by atoms with Crippen LogP contribution in [0, 0.1) is 0 Å². The number of aryl methyl sites for hydroxylation is 1. The van der Waals surface area contributed by atoms with Gasteiger partial charge >= 0.3 is 5.97 Å². The maximum Gasteiger partial charge on any atom is 0.323 e. The number of rotatable bonds is 6. The Morgan fingerprint density at radius 2 is 2.11 bits per heavy atom. The standard InChI is InChI=1S/C13H18N2O3/c1-3-7-15(9-12(16)17)13(18)11-8-10(4-2)5-6-14-11/h5-6,8H,3-4,7,9H2,1-2H3,(H,16,17). The minimum atomic E-state index is -1.01. The number of pyridine rings is 1. The Labute approximate surface area is 106 Å². The largest absolute Gasteiger partial charge is 0.480 e. The van der Waals surface area contributed by atoms with Crippen LogP contribution in [0.4, 0.5) is 0 Å². The molecule has 1 aromatic rings. The van der Waals surface area contributed by atoms with E-state index in [-0.39, 0.29) is 12.5 Å². The number of amides is 1. The van der Waals surface area contributed by atoms with Crippen molar-refractivity contribution in [1.82, 2.24) is 9.88 Å². The zero-order valence-electron chi connectivity index (χ0n) is 10.7. The van der Waals surface area contributed by atoms with Gasteiger partial charge in [-0.05, 0) is 30.5 Å². The fraction of sp³-hybridized carbons (Fsp3) is 0.462. The Bertz CT molecular complexity index is 432. The lowest BCUT2D eigenvalue weighted by atomic mass is 10.1. The average Bonchev–Trinajstić information content (AvgIpc) is 2.37. The van der Waals surface area contributed by atoms with E-state index in [1.54, 1.807) is 12.3 Å². The van der Waals surface area contributed by atoms with Crippen molar-refractivity contribution in [2.75, 3.05) is 13.1 Å². The number of carbonyl (C=O) groups excluding carboxylic acids is 1. The quantitative estimate of drug-likeness (QED) is 0.832. The van der Waals surface area contributed by atoms with E-state index in [0.717, 1.165) is 12.0 Å². The molecule has 1 heterocycles. The van der Waals surface area contributed by atoms with Crippen LogP contribution in [0.25, 0.3) is 0 Å². The van der Waals surface area contributed by atoms with E-state index in [9.17, 15) is 9.59 Å². The molecule has 0 saturated carbocycles. The lowest BCUT2D eigenvalue weighted by Gasteiger charge is -2.19. The second-order valence-electron chi connectivity index (χ2n) is 4.02. The van der Waals surface area contributed by atoms with Crippen LogP contribution in [0.2, 0.25) is 0 Å². The molecule has 0 bridgehead atoms. The molecule has 0 unspecified atom stereocenters. The number of carboxylic acid groups (broad SMARTS) is 1. The first kappa shape index (κ1) is 14.2. The smallest absolute Gasteiger partial charge is 0.323 e. The summed E-state index contributed by atoms with van der Waals surface area (Å²) < 4.78 is 0. The van der Waals surface area contributed by atoms with Crippen molar-refractivity contribution in [3.8, 4) is 0 Å². The second kappa shape index (κ2) is 6.74. The van der Waals surface area contributed by atoms with Gasteiger partial charge in [0.25, 0.3) is 5.91 Å². The van der Waals surface area contributed by atoms with Crippen LogP contribution in [0.3, 0.4) is 0 Å². The van der Waals surface area contributed by atoms with Crippen molar-refractivity contribution < 1.29 is 14.7 Å². The van der Waals surface area contributed by atoms with Gasteiger partial charge in [0.1, 0.15) is 12.2 Å². The van der Waals surface area contributed by atoms with E-state index in [2.05, 4.69) is 4.98 Å². The molecule has 0 spiro atoms. The van der Waals surface area contributed by atoms with Crippen LogP contribution >= 0.6 is 0 Å². The number of aromatic nitrogens is 1. The van der Waals surface area contributed by atoms with Gasteiger partial charge in [-0.25, -0.2) is 0 Å². The number of carbonyl (C=O) groups is 2. The van der Waals surface area contributed by atoms with Crippen molar-refractivity contribution >= 4 is 11.9 Å². The van der Waals surface area contributed by atoms with E-state index in [4.69, 9.17) is 5.11 Å². The molecule has 5 nitrogen and oxygen atoms in total. The van der Waals surface area contributed by atoms with Crippen LogP contribution in [0.1, 0.15) is 36.3 Å². The summed E-state index contributed by atoms with van der Waals surface area (Å²) in [5.41, 5.74) is 1.32. The molecule has 0 saturated heterocycles. The fourth-order valence-electron chi connectivity index (χ4n) is 1.66. The number of hydrogen-bond acceptors (Lipinski definition) is 3. The zero-order valence-corrected chi connectivity index (χ0v) is 10.7.